The Hall–Kier alpha value is -1.26. The molecule has 0 amide bonds. The summed E-state index contributed by atoms with van der Waals surface area (Å²) < 4.78 is 0. The van der Waals surface area contributed by atoms with Gasteiger partial charge >= 0.3 is 5.97 Å². The number of guanidine groups is 1. The summed E-state index contributed by atoms with van der Waals surface area (Å²) >= 11 is 0. The van der Waals surface area contributed by atoms with Gasteiger partial charge in [-0.2, -0.15) is 0 Å². The first-order chi connectivity index (χ1) is 11.1. The Morgan fingerprint density at radius 1 is 0.875 bits per heavy atom. The average molecular weight is 342 g/mol. The number of unbranched alkanes of at least 4 members (excludes halogenated alkanes) is 8. The fourth-order valence-electron chi connectivity index (χ4n) is 2.67. The summed E-state index contributed by atoms with van der Waals surface area (Å²) in [6.45, 7) is 10.2. The molecule has 0 spiro atoms. The maximum atomic E-state index is 12.2. The second-order valence-electron chi connectivity index (χ2n) is 7.98. The van der Waals surface area contributed by atoms with Crippen molar-refractivity contribution in [3.05, 3.63) is 0 Å². The minimum absolute atomic E-state index is 0.176. The van der Waals surface area contributed by atoms with Crippen molar-refractivity contribution in [2.75, 3.05) is 0 Å². The van der Waals surface area contributed by atoms with Gasteiger partial charge in [0.2, 0.25) is 5.96 Å². The molecule has 0 saturated heterocycles. The van der Waals surface area contributed by atoms with Gasteiger partial charge in [-0.15, -0.1) is 0 Å². The van der Waals surface area contributed by atoms with E-state index >= 15 is 0 Å². The molecule has 0 saturated carbocycles. The van der Waals surface area contributed by atoms with Crippen LogP contribution >= 0.6 is 0 Å². The summed E-state index contributed by atoms with van der Waals surface area (Å²) in [4.78, 5) is 17.1. The average Bonchev–Trinajstić information content (AvgIpc) is 2.50. The van der Waals surface area contributed by atoms with Gasteiger partial charge in [0.15, 0.2) is 0 Å². The molecule has 0 aliphatic rings. The zero-order valence-corrected chi connectivity index (χ0v) is 16.5. The number of hydrogen-bond acceptors (Lipinski definition) is 3. The number of hydrogen-bond donors (Lipinski definition) is 2. The van der Waals surface area contributed by atoms with E-state index in [1.165, 1.54) is 51.4 Å². The van der Waals surface area contributed by atoms with E-state index in [9.17, 15) is 4.79 Å². The Kier molecular flexibility index (Phi) is 10.7. The van der Waals surface area contributed by atoms with E-state index in [0.717, 1.165) is 12.8 Å². The van der Waals surface area contributed by atoms with Crippen LogP contribution in [0.4, 0.5) is 0 Å². The van der Waals surface area contributed by atoms with Crippen molar-refractivity contribution < 1.29 is 9.63 Å². The van der Waals surface area contributed by atoms with Crippen molar-refractivity contribution >= 4 is 11.9 Å². The molecular weight excluding hydrogens is 302 g/mol. The zero-order chi connectivity index (χ0) is 18.6. The van der Waals surface area contributed by atoms with Crippen LogP contribution in [0.15, 0.2) is 5.16 Å². The van der Waals surface area contributed by atoms with Gasteiger partial charge in [-0.3, -0.25) is 0 Å². The molecule has 0 fully saturated rings. The standard InChI is InChI=1S/C19H39N3O2/c1-6-7-8-9-10-11-12-13-14-15-18(2,3)19(4,5)16(23)24-22-17(20)21/h6-15H2,1-5H3,(H4,20,21,22). The van der Waals surface area contributed by atoms with Crippen LogP contribution in [-0.4, -0.2) is 11.9 Å². The number of nitrogens with two attached hydrogens (primary N) is 2. The molecule has 0 aromatic carbocycles. The molecule has 0 unspecified atom stereocenters. The monoisotopic (exact) mass is 341 g/mol. The highest BCUT2D eigenvalue weighted by Crippen LogP contribution is 2.43. The smallest absolute Gasteiger partial charge is 0.341 e. The van der Waals surface area contributed by atoms with Crippen molar-refractivity contribution in [3.8, 4) is 0 Å². The third kappa shape index (κ3) is 8.55. The summed E-state index contributed by atoms with van der Waals surface area (Å²) in [6.07, 6.45) is 12.7. The van der Waals surface area contributed by atoms with Crippen LogP contribution in [0, 0.1) is 10.8 Å². The molecule has 0 atom stereocenters. The molecule has 0 aromatic rings. The molecule has 0 aromatic heterocycles. The summed E-state index contributed by atoms with van der Waals surface area (Å²) in [7, 11) is 0. The normalized spacial score (nSPS) is 12.0. The van der Waals surface area contributed by atoms with Gasteiger partial charge in [0.05, 0.1) is 5.41 Å². The molecule has 5 heteroatoms. The predicted octanol–water partition coefficient (Wildman–Crippen LogP) is 4.69. The molecule has 4 N–H and O–H groups in total. The molecular formula is C19H39N3O2. The van der Waals surface area contributed by atoms with Crippen LogP contribution in [0.3, 0.4) is 0 Å². The lowest BCUT2D eigenvalue weighted by atomic mass is 9.65. The molecule has 0 aliphatic carbocycles. The third-order valence-corrected chi connectivity index (χ3v) is 5.34. The highest BCUT2D eigenvalue weighted by Gasteiger charge is 2.44. The lowest BCUT2D eigenvalue weighted by Gasteiger charge is -2.38. The summed E-state index contributed by atoms with van der Waals surface area (Å²) in [5.74, 6) is -0.632. The quantitative estimate of drug-likeness (QED) is 0.167. The molecule has 0 heterocycles. The number of rotatable bonds is 13. The lowest BCUT2D eigenvalue weighted by molar-refractivity contribution is -0.161. The second-order valence-corrected chi connectivity index (χ2v) is 7.98. The van der Waals surface area contributed by atoms with E-state index < -0.39 is 11.4 Å². The van der Waals surface area contributed by atoms with Gasteiger partial charge < -0.3 is 16.3 Å². The molecule has 0 radical (unpaired) electrons. The Morgan fingerprint density at radius 2 is 1.33 bits per heavy atom. The molecule has 24 heavy (non-hydrogen) atoms. The van der Waals surface area contributed by atoms with Crippen molar-refractivity contribution in [3.63, 3.8) is 0 Å². The van der Waals surface area contributed by atoms with Crippen LogP contribution in [0.2, 0.25) is 0 Å². The van der Waals surface area contributed by atoms with Crippen LogP contribution < -0.4 is 11.5 Å². The van der Waals surface area contributed by atoms with Gasteiger partial charge in [0.25, 0.3) is 0 Å². The maximum absolute atomic E-state index is 12.2. The van der Waals surface area contributed by atoms with Crippen LogP contribution in [0.5, 0.6) is 0 Å². The molecule has 0 aliphatic heterocycles. The van der Waals surface area contributed by atoms with Gasteiger partial charge in [-0.05, 0) is 30.8 Å². The largest absolute Gasteiger partial charge is 0.367 e. The minimum Gasteiger partial charge on any atom is -0.367 e. The molecule has 0 rings (SSSR count). The van der Waals surface area contributed by atoms with Crippen LogP contribution in [0.25, 0.3) is 0 Å². The maximum Gasteiger partial charge on any atom is 0.341 e. The highest BCUT2D eigenvalue weighted by molar-refractivity contribution is 5.79. The van der Waals surface area contributed by atoms with E-state index in [4.69, 9.17) is 16.3 Å². The van der Waals surface area contributed by atoms with Gasteiger partial charge in [0, 0.05) is 0 Å². The van der Waals surface area contributed by atoms with E-state index in [0.29, 0.717) is 0 Å². The first kappa shape index (κ1) is 22.7. The Labute approximate surface area is 148 Å². The van der Waals surface area contributed by atoms with Crippen molar-refractivity contribution in [1.29, 1.82) is 0 Å². The third-order valence-electron chi connectivity index (χ3n) is 5.34. The van der Waals surface area contributed by atoms with E-state index in [1.807, 2.05) is 13.8 Å². The topological polar surface area (TPSA) is 90.7 Å². The number of carbonyl (C=O) groups excluding carboxylic acids is 1. The SMILES string of the molecule is CCCCCCCCCCCC(C)(C)C(C)(C)C(=O)ON=C(N)N. The lowest BCUT2D eigenvalue weighted by Crippen LogP contribution is -2.40. The summed E-state index contributed by atoms with van der Waals surface area (Å²) in [5.41, 5.74) is 9.59. The summed E-state index contributed by atoms with van der Waals surface area (Å²) in [5, 5.41) is 3.38. The Bertz CT molecular complexity index is 386. The fourth-order valence-corrected chi connectivity index (χ4v) is 2.67. The van der Waals surface area contributed by atoms with E-state index in [2.05, 4.69) is 25.9 Å². The molecule has 142 valence electrons. The van der Waals surface area contributed by atoms with Crippen molar-refractivity contribution in [2.24, 2.45) is 27.5 Å². The van der Waals surface area contributed by atoms with Crippen LogP contribution in [-0.2, 0) is 9.63 Å². The van der Waals surface area contributed by atoms with Gasteiger partial charge in [0.1, 0.15) is 0 Å². The zero-order valence-electron chi connectivity index (χ0n) is 16.5. The number of nitrogens with zero attached hydrogens (tertiary/aromatic N) is 1. The van der Waals surface area contributed by atoms with E-state index in [-0.39, 0.29) is 11.4 Å². The number of oxime groups is 1. The fraction of sp³-hybridized carbons (Fsp3) is 0.895. The number of carbonyl (C=O) groups is 1. The van der Waals surface area contributed by atoms with Gasteiger partial charge in [-0.25, -0.2) is 4.79 Å². The predicted molar refractivity (Wildman–Crippen MR) is 101 cm³/mol. The van der Waals surface area contributed by atoms with E-state index in [1.54, 1.807) is 0 Å². The highest BCUT2D eigenvalue weighted by atomic mass is 16.7. The van der Waals surface area contributed by atoms with Crippen molar-refractivity contribution in [2.45, 2.75) is 98.8 Å². The Morgan fingerprint density at radius 3 is 1.79 bits per heavy atom. The summed E-state index contributed by atoms with van der Waals surface area (Å²) in [6, 6.07) is 0. The second kappa shape index (κ2) is 11.3. The Balaban J connectivity index is 4.10. The first-order valence-corrected chi connectivity index (χ1v) is 9.45. The minimum atomic E-state index is -0.647. The van der Waals surface area contributed by atoms with Gasteiger partial charge in [-0.1, -0.05) is 78.6 Å². The first-order valence-electron chi connectivity index (χ1n) is 9.45. The van der Waals surface area contributed by atoms with Crippen LogP contribution in [0.1, 0.15) is 98.8 Å². The molecule has 5 nitrogen and oxygen atoms in total. The molecule has 0 bridgehead atoms. The van der Waals surface area contributed by atoms with Crippen molar-refractivity contribution in [1.82, 2.24) is 0 Å².